The van der Waals surface area contributed by atoms with Crippen LogP contribution in [0.4, 0.5) is 8.78 Å². The molecule has 21 heavy (non-hydrogen) atoms. The van der Waals surface area contributed by atoms with Gasteiger partial charge in [-0.3, -0.25) is 4.79 Å². The molecule has 2 rings (SSSR count). The molecule has 0 spiro atoms. The smallest absolute Gasteiger partial charge is 0.307 e. The minimum Gasteiger partial charge on any atom is -0.481 e. The SMILES string of the molecule is O=C(O)C(Cc1cccc(F)c1)Cc1ccc(F)c(Br)c1. The van der Waals surface area contributed by atoms with Crippen molar-refractivity contribution < 1.29 is 18.7 Å². The Morgan fingerprint density at radius 3 is 2.33 bits per heavy atom. The molecule has 2 aromatic rings. The summed E-state index contributed by atoms with van der Waals surface area (Å²) in [4.78, 5) is 11.4. The lowest BCUT2D eigenvalue weighted by Crippen LogP contribution is -2.19. The fourth-order valence-electron chi connectivity index (χ4n) is 2.15. The summed E-state index contributed by atoms with van der Waals surface area (Å²) in [7, 11) is 0. The number of hydrogen-bond donors (Lipinski definition) is 1. The monoisotopic (exact) mass is 354 g/mol. The number of aliphatic carboxylic acids is 1. The van der Waals surface area contributed by atoms with E-state index in [1.54, 1.807) is 24.3 Å². The second-order valence-corrected chi connectivity index (χ2v) is 5.68. The van der Waals surface area contributed by atoms with Crippen molar-refractivity contribution in [1.29, 1.82) is 0 Å². The lowest BCUT2D eigenvalue weighted by atomic mass is 9.92. The Bertz CT molecular complexity index is 658. The summed E-state index contributed by atoms with van der Waals surface area (Å²) in [6.07, 6.45) is 0.479. The maximum atomic E-state index is 13.2. The Labute approximate surface area is 129 Å². The van der Waals surface area contributed by atoms with Crippen molar-refractivity contribution in [3.05, 3.63) is 69.7 Å². The van der Waals surface area contributed by atoms with Crippen LogP contribution in [-0.2, 0) is 17.6 Å². The average Bonchev–Trinajstić information content (AvgIpc) is 2.42. The maximum absolute atomic E-state index is 13.2. The van der Waals surface area contributed by atoms with Crippen LogP contribution in [0, 0.1) is 17.6 Å². The predicted octanol–water partition coefficient (Wildman–Crippen LogP) is 4.21. The quantitative estimate of drug-likeness (QED) is 0.872. The Kier molecular flexibility index (Phi) is 5.07. The van der Waals surface area contributed by atoms with Crippen LogP contribution in [0.5, 0.6) is 0 Å². The molecule has 5 heteroatoms. The summed E-state index contributed by atoms with van der Waals surface area (Å²) >= 11 is 3.08. The van der Waals surface area contributed by atoms with Crippen molar-refractivity contribution in [2.45, 2.75) is 12.8 Å². The molecule has 0 heterocycles. The summed E-state index contributed by atoms with van der Waals surface area (Å²) in [5, 5.41) is 9.31. The van der Waals surface area contributed by atoms with E-state index in [2.05, 4.69) is 15.9 Å². The van der Waals surface area contributed by atoms with Gasteiger partial charge in [-0.25, -0.2) is 8.78 Å². The highest BCUT2D eigenvalue weighted by molar-refractivity contribution is 9.10. The van der Waals surface area contributed by atoms with Crippen LogP contribution in [0.25, 0.3) is 0 Å². The summed E-state index contributed by atoms with van der Waals surface area (Å²) in [5.41, 5.74) is 1.34. The summed E-state index contributed by atoms with van der Waals surface area (Å²) in [6, 6.07) is 10.3. The molecule has 0 radical (unpaired) electrons. The third-order valence-corrected chi connectivity index (χ3v) is 3.79. The Morgan fingerprint density at radius 1 is 1.10 bits per heavy atom. The van der Waals surface area contributed by atoms with Gasteiger partial charge in [0.05, 0.1) is 10.4 Å². The second kappa shape index (κ2) is 6.80. The van der Waals surface area contributed by atoms with Gasteiger partial charge in [0.1, 0.15) is 11.6 Å². The first-order chi connectivity index (χ1) is 9.95. The fraction of sp³-hybridized carbons (Fsp3) is 0.188. The molecule has 0 aliphatic rings. The highest BCUT2D eigenvalue weighted by atomic mass is 79.9. The molecule has 0 aliphatic heterocycles. The number of carboxylic acid groups (broad SMARTS) is 1. The van der Waals surface area contributed by atoms with Gasteiger partial charge in [-0.15, -0.1) is 0 Å². The first-order valence-corrected chi connectivity index (χ1v) is 7.16. The molecule has 0 saturated carbocycles. The van der Waals surface area contributed by atoms with Gasteiger partial charge in [-0.1, -0.05) is 18.2 Å². The van der Waals surface area contributed by atoms with Gasteiger partial charge in [0.25, 0.3) is 0 Å². The molecule has 2 nitrogen and oxygen atoms in total. The van der Waals surface area contributed by atoms with Crippen molar-refractivity contribution >= 4 is 21.9 Å². The average molecular weight is 355 g/mol. The number of carbonyl (C=O) groups is 1. The second-order valence-electron chi connectivity index (χ2n) is 4.82. The molecule has 0 aliphatic carbocycles. The number of rotatable bonds is 5. The highest BCUT2D eigenvalue weighted by Gasteiger charge is 2.19. The van der Waals surface area contributed by atoms with Crippen LogP contribution in [-0.4, -0.2) is 11.1 Å². The molecule has 110 valence electrons. The summed E-state index contributed by atoms with van der Waals surface area (Å²) in [5.74, 6) is -2.43. The molecule has 0 amide bonds. The Morgan fingerprint density at radius 2 is 1.76 bits per heavy atom. The molecule has 0 aromatic heterocycles. The van der Waals surface area contributed by atoms with Gasteiger partial charge in [0, 0.05) is 0 Å². The molecule has 1 atom stereocenters. The third kappa shape index (κ3) is 4.36. The normalized spacial score (nSPS) is 12.1. The zero-order chi connectivity index (χ0) is 15.4. The van der Waals surface area contributed by atoms with E-state index in [0.29, 0.717) is 15.6 Å². The van der Waals surface area contributed by atoms with E-state index >= 15 is 0 Å². The maximum Gasteiger partial charge on any atom is 0.307 e. The number of hydrogen-bond acceptors (Lipinski definition) is 1. The number of carboxylic acids is 1. The molecule has 2 aromatic carbocycles. The van der Waals surface area contributed by atoms with Crippen molar-refractivity contribution in [3.63, 3.8) is 0 Å². The molecular formula is C16H13BrF2O2. The molecule has 1 N–H and O–H groups in total. The van der Waals surface area contributed by atoms with Gasteiger partial charge in [-0.05, 0) is 64.2 Å². The first kappa shape index (κ1) is 15.6. The van der Waals surface area contributed by atoms with Crippen LogP contribution < -0.4 is 0 Å². The van der Waals surface area contributed by atoms with Crippen LogP contribution in [0.2, 0.25) is 0 Å². The highest BCUT2D eigenvalue weighted by Crippen LogP contribution is 2.21. The molecule has 0 fully saturated rings. The summed E-state index contributed by atoms with van der Waals surface area (Å²) in [6.45, 7) is 0. The Hall–Kier alpha value is -1.75. The topological polar surface area (TPSA) is 37.3 Å². The fourth-order valence-corrected chi connectivity index (χ4v) is 2.57. The molecule has 1 unspecified atom stereocenters. The lowest BCUT2D eigenvalue weighted by molar-refractivity contribution is -0.141. The standard InChI is InChI=1S/C16H13BrF2O2/c17-14-9-11(4-5-15(14)19)7-12(16(20)21)6-10-2-1-3-13(18)8-10/h1-5,8-9,12H,6-7H2,(H,20,21). The lowest BCUT2D eigenvalue weighted by Gasteiger charge is -2.13. The minimum atomic E-state index is -0.959. The van der Waals surface area contributed by atoms with Crippen LogP contribution in [0.15, 0.2) is 46.9 Å². The number of benzene rings is 2. The van der Waals surface area contributed by atoms with E-state index in [-0.39, 0.29) is 18.7 Å². The van der Waals surface area contributed by atoms with E-state index in [9.17, 15) is 18.7 Å². The van der Waals surface area contributed by atoms with Crippen molar-refractivity contribution in [3.8, 4) is 0 Å². The van der Waals surface area contributed by atoms with E-state index < -0.39 is 17.7 Å². The predicted molar refractivity (Wildman–Crippen MR) is 79.0 cm³/mol. The zero-order valence-corrected chi connectivity index (χ0v) is 12.6. The van der Waals surface area contributed by atoms with E-state index in [0.717, 1.165) is 0 Å². The zero-order valence-electron chi connectivity index (χ0n) is 11.0. The van der Waals surface area contributed by atoms with Gasteiger partial charge in [-0.2, -0.15) is 0 Å². The van der Waals surface area contributed by atoms with Crippen LogP contribution in [0.3, 0.4) is 0 Å². The third-order valence-electron chi connectivity index (χ3n) is 3.19. The van der Waals surface area contributed by atoms with Crippen molar-refractivity contribution in [2.24, 2.45) is 5.92 Å². The Balaban J connectivity index is 2.15. The van der Waals surface area contributed by atoms with Crippen molar-refractivity contribution in [1.82, 2.24) is 0 Å². The van der Waals surface area contributed by atoms with E-state index in [1.807, 2.05) is 0 Å². The van der Waals surface area contributed by atoms with E-state index in [1.165, 1.54) is 18.2 Å². The largest absolute Gasteiger partial charge is 0.481 e. The molecule has 0 bridgehead atoms. The minimum absolute atomic E-state index is 0.224. The van der Waals surface area contributed by atoms with Crippen LogP contribution >= 0.6 is 15.9 Å². The van der Waals surface area contributed by atoms with Gasteiger partial charge >= 0.3 is 5.97 Å². The van der Waals surface area contributed by atoms with Gasteiger partial charge in [0.15, 0.2) is 0 Å². The van der Waals surface area contributed by atoms with Crippen molar-refractivity contribution in [2.75, 3.05) is 0 Å². The molecular weight excluding hydrogens is 342 g/mol. The first-order valence-electron chi connectivity index (χ1n) is 6.37. The van der Waals surface area contributed by atoms with Crippen LogP contribution in [0.1, 0.15) is 11.1 Å². The van der Waals surface area contributed by atoms with Gasteiger partial charge < -0.3 is 5.11 Å². The molecule has 0 saturated heterocycles. The summed E-state index contributed by atoms with van der Waals surface area (Å²) < 4.78 is 26.6. The van der Waals surface area contributed by atoms with E-state index in [4.69, 9.17) is 0 Å². The number of halogens is 3. The van der Waals surface area contributed by atoms with Gasteiger partial charge in [0.2, 0.25) is 0 Å².